The summed E-state index contributed by atoms with van der Waals surface area (Å²) in [6.07, 6.45) is 0. The van der Waals surface area contributed by atoms with Crippen molar-refractivity contribution in [1.29, 1.82) is 0 Å². The Morgan fingerprint density at radius 3 is 2.58 bits per heavy atom. The fourth-order valence-electron chi connectivity index (χ4n) is 2.65. The third kappa shape index (κ3) is 2.63. The fraction of sp³-hybridized carbons (Fsp3) is 0.250. The summed E-state index contributed by atoms with van der Waals surface area (Å²) in [4.78, 5) is 4.87. The van der Waals surface area contributed by atoms with E-state index in [1.807, 2.05) is 25.4 Å². The first-order valence-corrected chi connectivity index (χ1v) is 9.12. The van der Waals surface area contributed by atoms with E-state index >= 15 is 0 Å². The summed E-state index contributed by atoms with van der Waals surface area (Å²) in [5, 5.41) is 9.24. The minimum atomic E-state index is -3.73. The molecule has 0 fully saturated rings. The molecular weight excluding hydrogens is 326 g/mol. The van der Waals surface area contributed by atoms with E-state index < -0.39 is 9.84 Å². The van der Waals surface area contributed by atoms with Crippen molar-refractivity contribution in [2.75, 3.05) is 19.4 Å². The summed E-state index contributed by atoms with van der Waals surface area (Å²) in [7, 11) is -0.135. The molecule has 0 saturated heterocycles. The Hall–Kier alpha value is -2.45. The molecule has 3 aromatic rings. The first-order valence-electron chi connectivity index (χ1n) is 7.64. The fourth-order valence-corrected chi connectivity index (χ4v) is 4.17. The van der Waals surface area contributed by atoms with E-state index in [-0.39, 0.29) is 9.79 Å². The molecule has 0 aliphatic rings. The number of rotatable bonds is 5. The zero-order valence-corrected chi connectivity index (χ0v) is 14.6. The summed E-state index contributed by atoms with van der Waals surface area (Å²) >= 11 is 0. The van der Waals surface area contributed by atoms with Crippen LogP contribution in [-0.2, 0) is 16.4 Å². The van der Waals surface area contributed by atoms with Crippen molar-refractivity contribution >= 4 is 21.3 Å². The topological polar surface area (TPSA) is 93.0 Å². The third-order valence-electron chi connectivity index (χ3n) is 3.75. The van der Waals surface area contributed by atoms with Crippen LogP contribution in [0.15, 0.2) is 46.2 Å². The molecule has 0 atom stereocenters. The summed E-state index contributed by atoms with van der Waals surface area (Å²) in [5.74, 6) is 0.298. The third-order valence-corrected chi connectivity index (χ3v) is 5.56. The van der Waals surface area contributed by atoms with Crippen LogP contribution in [0.5, 0.6) is 0 Å². The molecule has 0 bridgehead atoms. The quantitative estimate of drug-likeness (QED) is 0.706. The van der Waals surface area contributed by atoms with Crippen LogP contribution in [0.4, 0.5) is 5.82 Å². The molecule has 126 valence electrons. The normalized spacial score (nSPS) is 11.8. The molecule has 0 aliphatic carbocycles. The summed E-state index contributed by atoms with van der Waals surface area (Å²) in [5.41, 5.74) is 2.00. The predicted molar refractivity (Wildman–Crippen MR) is 90.7 cm³/mol. The van der Waals surface area contributed by atoms with Crippen molar-refractivity contribution in [3.63, 3.8) is 0 Å². The predicted octanol–water partition coefficient (Wildman–Crippen LogP) is 0.605. The Labute approximate surface area is 140 Å². The molecule has 8 heteroatoms. The van der Waals surface area contributed by atoms with Crippen molar-refractivity contribution in [2.24, 2.45) is 0 Å². The lowest BCUT2D eigenvalue weighted by Gasteiger charge is -2.06. The molecule has 1 aromatic carbocycles. The zero-order chi connectivity index (χ0) is 17.3. The molecule has 2 heterocycles. The number of anilines is 1. The van der Waals surface area contributed by atoms with Gasteiger partial charge >= 0.3 is 0 Å². The van der Waals surface area contributed by atoms with Crippen molar-refractivity contribution in [3.8, 4) is 0 Å². The molecule has 24 heavy (non-hydrogen) atoms. The lowest BCUT2D eigenvalue weighted by atomic mass is 10.3. The molecular formula is C16H20N5O2S+. The molecule has 7 nitrogen and oxygen atoms in total. The number of aromatic nitrogens is 3. The highest BCUT2D eigenvalue weighted by atomic mass is 32.2. The van der Waals surface area contributed by atoms with E-state index in [1.54, 1.807) is 41.9 Å². The molecule has 0 spiro atoms. The maximum atomic E-state index is 13.1. The van der Waals surface area contributed by atoms with Gasteiger partial charge in [-0.2, -0.15) is 0 Å². The Bertz CT molecular complexity index is 981. The van der Waals surface area contributed by atoms with E-state index in [2.05, 4.69) is 15.4 Å². The van der Waals surface area contributed by atoms with Gasteiger partial charge in [0, 0.05) is 12.7 Å². The van der Waals surface area contributed by atoms with Gasteiger partial charge in [-0.05, 0) is 25.1 Å². The maximum absolute atomic E-state index is 13.1. The van der Waals surface area contributed by atoms with Gasteiger partial charge in [-0.3, -0.25) is 0 Å². The van der Waals surface area contributed by atoms with Crippen LogP contribution in [-0.4, -0.2) is 37.1 Å². The van der Waals surface area contributed by atoms with E-state index in [0.717, 1.165) is 11.4 Å². The number of fused-ring (bicyclic) bond motifs is 1. The Morgan fingerprint density at radius 1 is 1.25 bits per heavy atom. The number of benzene rings is 1. The molecule has 0 amide bonds. The van der Waals surface area contributed by atoms with E-state index in [9.17, 15) is 8.42 Å². The molecule has 0 radical (unpaired) electrons. The summed E-state index contributed by atoms with van der Waals surface area (Å²) in [6.45, 7) is 2.56. The van der Waals surface area contributed by atoms with Gasteiger partial charge in [0.2, 0.25) is 9.84 Å². The number of hydrogen-bond acceptors (Lipinski definition) is 5. The second kappa shape index (κ2) is 6.21. The van der Waals surface area contributed by atoms with Crippen LogP contribution in [0.25, 0.3) is 5.65 Å². The van der Waals surface area contributed by atoms with Gasteiger partial charge < -0.3 is 10.6 Å². The zero-order valence-electron chi connectivity index (χ0n) is 13.8. The number of sulfone groups is 1. The van der Waals surface area contributed by atoms with Crippen molar-refractivity contribution in [2.45, 2.75) is 23.3 Å². The van der Waals surface area contributed by atoms with Gasteiger partial charge in [-0.1, -0.05) is 18.2 Å². The van der Waals surface area contributed by atoms with Crippen molar-refractivity contribution < 1.29 is 13.7 Å². The highest BCUT2D eigenvalue weighted by Gasteiger charge is 2.29. The summed E-state index contributed by atoms with van der Waals surface area (Å²) in [6, 6.07) is 10.3. The highest BCUT2D eigenvalue weighted by molar-refractivity contribution is 7.91. The second-order valence-electron chi connectivity index (χ2n) is 5.48. The lowest BCUT2D eigenvalue weighted by molar-refractivity contribution is -0.643. The molecule has 3 N–H and O–H groups in total. The van der Waals surface area contributed by atoms with Crippen LogP contribution in [0.2, 0.25) is 0 Å². The number of nitrogens with zero attached hydrogens (tertiary/aromatic N) is 3. The number of nitrogens with two attached hydrogens (primary N) is 1. The maximum Gasteiger partial charge on any atom is 0.214 e. The molecule has 2 aromatic heterocycles. The number of quaternary nitrogens is 1. The van der Waals surface area contributed by atoms with Crippen LogP contribution in [0.3, 0.4) is 0 Å². The Balaban J connectivity index is 2.34. The second-order valence-corrected chi connectivity index (χ2v) is 7.37. The van der Waals surface area contributed by atoms with Gasteiger partial charge in [0.25, 0.3) is 0 Å². The number of nitrogens with one attached hydrogen (secondary N) is 1. The number of aryl methyl sites for hydroxylation is 1. The monoisotopic (exact) mass is 346 g/mol. The smallest absolute Gasteiger partial charge is 0.214 e. The largest absolute Gasteiger partial charge is 0.370 e. The van der Waals surface area contributed by atoms with Crippen LogP contribution >= 0.6 is 0 Å². The minimum Gasteiger partial charge on any atom is -0.370 e. The molecule has 0 aliphatic heterocycles. The van der Waals surface area contributed by atoms with Gasteiger partial charge in [0.15, 0.2) is 16.4 Å². The van der Waals surface area contributed by atoms with Crippen molar-refractivity contribution in [1.82, 2.24) is 14.6 Å². The highest BCUT2D eigenvalue weighted by Crippen LogP contribution is 2.30. The average Bonchev–Trinajstić information content (AvgIpc) is 2.96. The SMILES string of the molecule is CNc1nn2c(C)cc(C[NH2+]C)nc2c1S(=O)(=O)c1ccccc1. The Morgan fingerprint density at radius 2 is 1.96 bits per heavy atom. The lowest BCUT2D eigenvalue weighted by Crippen LogP contribution is -2.77. The van der Waals surface area contributed by atoms with E-state index in [1.165, 1.54) is 0 Å². The van der Waals surface area contributed by atoms with Crippen LogP contribution < -0.4 is 10.6 Å². The minimum absolute atomic E-state index is 0.109. The summed E-state index contributed by atoms with van der Waals surface area (Å²) < 4.78 is 27.8. The van der Waals surface area contributed by atoms with Gasteiger partial charge in [-0.15, -0.1) is 5.10 Å². The van der Waals surface area contributed by atoms with E-state index in [0.29, 0.717) is 18.0 Å². The van der Waals surface area contributed by atoms with Crippen LogP contribution in [0, 0.1) is 6.92 Å². The number of hydrogen-bond donors (Lipinski definition) is 2. The van der Waals surface area contributed by atoms with Gasteiger partial charge in [-0.25, -0.2) is 17.9 Å². The van der Waals surface area contributed by atoms with E-state index in [4.69, 9.17) is 0 Å². The van der Waals surface area contributed by atoms with Crippen molar-refractivity contribution in [3.05, 3.63) is 47.8 Å². The first-order chi connectivity index (χ1) is 11.5. The standard InChI is InChI=1S/C16H19N5O2S/c1-11-9-12(10-17-2)19-16-14(15(18-3)20-21(11)16)24(22,23)13-7-5-4-6-8-13/h4-9,17H,10H2,1-3H3,(H,18,20)/p+1. The average molecular weight is 346 g/mol. The van der Waals surface area contributed by atoms with Gasteiger partial charge in [0.1, 0.15) is 6.54 Å². The molecule has 0 saturated carbocycles. The first kappa shape index (κ1) is 16.4. The van der Waals surface area contributed by atoms with Crippen LogP contribution in [0.1, 0.15) is 11.4 Å². The molecule has 3 rings (SSSR count). The molecule has 0 unspecified atom stereocenters. The Kier molecular flexibility index (Phi) is 4.25. The van der Waals surface area contributed by atoms with Gasteiger partial charge in [0.05, 0.1) is 17.6 Å².